The summed E-state index contributed by atoms with van der Waals surface area (Å²) in [4.78, 5) is 0. The van der Waals surface area contributed by atoms with Gasteiger partial charge in [-0.15, -0.1) is 0 Å². The van der Waals surface area contributed by atoms with E-state index in [2.05, 4.69) is 20.8 Å². The van der Waals surface area contributed by atoms with Crippen LogP contribution in [0.2, 0.25) is 0 Å². The van der Waals surface area contributed by atoms with Crippen LogP contribution >= 0.6 is 0 Å². The Morgan fingerprint density at radius 1 is 1.30 bits per heavy atom. The zero-order valence-electron chi connectivity index (χ0n) is 7.26. The summed E-state index contributed by atoms with van der Waals surface area (Å²) in [5.41, 5.74) is 0. The van der Waals surface area contributed by atoms with Crippen molar-refractivity contribution in [2.24, 2.45) is 5.92 Å². The van der Waals surface area contributed by atoms with Gasteiger partial charge in [0.05, 0.1) is 12.2 Å². The lowest BCUT2D eigenvalue weighted by Gasteiger charge is -2.14. The smallest absolute Gasteiger partial charge is 0.0581 e. The number of hydrogen-bond donors (Lipinski definition) is 0. The first-order valence-electron chi connectivity index (χ1n) is 4.34. The fourth-order valence-electron chi connectivity index (χ4n) is 1.66. The molecule has 2 atom stereocenters. The summed E-state index contributed by atoms with van der Waals surface area (Å²) in [5.74, 6) is 0.892. The highest BCUT2D eigenvalue weighted by atomic mass is 16.5. The second kappa shape index (κ2) is 3.38. The van der Waals surface area contributed by atoms with E-state index in [0.717, 1.165) is 5.92 Å². The van der Waals surface area contributed by atoms with Crippen LogP contribution in [0.1, 0.15) is 40.0 Å². The zero-order valence-corrected chi connectivity index (χ0v) is 7.26. The van der Waals surface area contributed by atoms with Gasteiger partial charge in [0.15, 0.2) is 0 Å². The molecule has 0 aromatic carbocycles. The second-order valence-corrected chi connectivity index (χ2v) is 3.73. The van der Waals surface area contributed by atoms with Gasteiger partial charge >= 0.3 is 0 Å². The molecule has 60 valence electrons. The topological polar surface area (TPSA) is 9.23 Å². The Labute approximate surface area is 63.8 Å². The molecule has 0 spiro atoms. The summed E-state index contributed by atoms with van der Waals surface area (Å²) >= 11 is 0. The van der Waals surface area contributed by atoms with Gasteiger partial charge in [0.2, 0.25) is 0 Å². The van der Waals surface area contributed by atoms with Crippen molar-refractivity contribution in [3.05, 3.63) is 0 Å². The van der Waals surface area contributed by atoms with E-state index in [4.69, 9.17) is 4.74 Å². The Kier molecular flexibility index (Phi) is 2.72. The van der Waals surface area contributed by atoms with Crippen LogP contribution in [0.5, 0.6) is 0 Å². The largest absolute Gasteiger partial charge is 0.376 e. The Balaban J connectivity index is 2.18. The minimum Gasteiger partial charge on any atom is -0.376 e. The van der Waals surface area contributed by atoms with Crippen molar-refractivity contribution >= 4 is 0 Å². The monoisotopic (exact) mass is 142 g/mol. The van der Waals surface area contributed by atoms with Crippen molar-refractivity contribution in [1.29, 1.82) is 0 Å². The van der Waals surface area contributed by atoms with Crippen LogP contribution in [0.4, 0.5) is 0 Å². The molecule has 2 unspecified atom stereocenters. The Morgan fingerprint density at radius 2 is 2.00 bits per heavy atom. The van der Waals surface area contributed by atoms with E-state index in [1.165, 1.54) is 19.3 Å². The summed E-state index contributed by atoms with van der Waals surface area (Å²) in [7, 11) is 0. The molecule has 1 aliphatic rings. The first-order chi connectivity index (χ1) is 4.68. The predicted molar refractivity (Wildman–Crippen MR) is 43.0 cm³/mol. The number of ether oxygens (including phenoxy) is 1. The van der Waals surface area contributed by atoms with Crippen molar-refractivity contribution in [3.63, 3.8) is 0 Å². The summed E-state index contributed by atoms with van der Waals surface area (Å²) in [5, 5.41) is 0. The van der Waals surface area contributed by atoms with Crippen LogP contribution in [0.25, 0.3) is 0 Å². The predicted octanol–water partition coefficient (Wildman–Crippen LogP) is 2.60. The standard InChI is InChI=1S/C9H18O/c1-7(2)10-9-5-4-8(3)6-9/h7-9H,4-6H2,1-3H3. The van der Waals surface area contributed by atoms with Gasteiger partial charge in [-0.1, -0.05) is 6.92 Å². The van der Waals surface area contributed by atoms with Gasteiger partial charge < -0.3 is 4.74 Å². The van der Waals surface area contributed by atoms with E-state index < -0.39 is 0 Å². The van der Waals surface area contributed by atoms with Gasteiger partial charge in [0.25, 0.3) is 0 Å². The van der Waals surface area contributed by atoms with Gasteiger partial charge in [0.1, 0.15) is 0 Å². The molecule has 1 rings (SSSR count). The van der Waals surface area contributed by atoms with Gasteiger partial charge in [-0.2, -0.15) is 0 Å². The highest BCUT2D eigenvalue weighted by Gasteiger charge is 2.22. The molecule has 0 radical (unpaired) electrons. The quantitative estimate of drug-likeness (QED) is 0.576. The molecule has 1 aliphatic carbocycles. The van der Waals surface area contributed by atoms with Crippen molar-refractivity contribution in [2.45, 2.75) is 52.2 Å². The molecule has 0 aliphatic heterocycles. The molecule has 0 N–H and O–H groups in total. The van der Waals surface area contributed by atoms with Crippen molar-refractivity contribution in [2.75, 3.05) is 0 Å². The maximum absolute atomic E-state index is 5.68. The molecule has 0 aromatic heterocycles. The molecule has 0 heterocycles. The Bertz CT molecular complexity index is 98.9. The summed E-state index contributed by atoms with van der Waals surface area (Å²) in [6.45, 7) is 6.54. The Hall–Kier alpha value is -0.0400. The van der Waals surface area contributed by atoms with Crippen LogP contribution in [0, 0.1) is 5.92 Å². The molecular formula is C9H18O. The maximum atomic E-state index is 5.68. The third-order valence-electron chi connectivity index (χ3n) is 2.11. The number of rotatable bonds is 2. The molecular weight excluding hydrogens is 124 g/mol. The molecule has 1 fully saturated rings. The average molecular weight is 142 g/mol. The van der Waals surface area contributed by atoms with Crippen molar-refractivity contribution in [3.8, 4) is 0 Å². The van der Waals surface area contributed by atoms with Crippen LogP contribution < -0.4 is 0 Å². The maximum Gasteiger partial charge on any atom is 0.0581 e. The zero-order chi connectivity index (χ0) is 7.56. The molecule has 0 saturated heterocycles. The SMILES string of the molecule is CC1CCC(OC(C)C)C1. The van der Waals surface area contributed by atoms with Gasteiger partial charge in [-0.3, -0.25) is 0 Å². The summed E-state index contributed by atoms with van der Waals surface area (Å²) in [6, 6.07) is 0. The van der Waals surface area contributed by atoms with Gasteiger partial charge in [-0.05, 0) is 39.0 Å². The number of hydrogen-bond acceptors (Lipinski definition) is 1. The van der Waals surface area contributed by atoms with Crippen molar-refractivity contribution < 1.29 is 4.74 Å². The summed E-state index contributed by atoms with van der Waals surface area (Å²) in [6.07, 6.45) is 4.89. The molecule has 0 bridgehead atoms. The van der Waals surface area contributed by atoms with E-state index in [1.54, 1.807) is 0 Å². The van der Waals surface area contributed by atoms with E-state index in [9.17, 15) is 0 Å². The second-order valence-electron chi connectivity index (χ2n) is 3.73. The Morgan fingerprint density at radius 3 is 2.40 bits per heavy atom. The van der Waals surface area contributed by atoms with Crippen molar-refractivity contribution in [1.82, 2.24) is 0 Å². The minimum absolute atomic E-state index is 0.412. The van der Waals surface area contributed by atoms with Crippen LogP contribution in [0.3, 0.4) is 0 Å². The van der Waals surface area contributed by atoms with Crippen LogP contribution in [0.15, 0.2) is 0 Å². The third-order valence-corrected chi connectivity index (χ3v) is 2.11. The highest BCUT2D eigenvalue weighted by Crippen LogP contribution is 2.27. The van der Waals surface area contributed by atoms with E-state index in [-0.39, 0.29) is 0 Å². The lowest BCUT2D eigenvalue weighted by Crippen LogP contribution is -2.14. The van der Waals surface area contributed by atoms with E-state index in [0.29, 0.717) is 12.2 Å². The van der Waals surface area contributed by atoms with Crippen LogP contribution in [-0.4, -0.2) is 12.2 Å². The van der Waals surface area contributed by atoms with Gasteiger partial charge in [-0.25, -0.2) is 0 Å². The summed E-state index contributed by atoms with van der Waals surface area (Å²) < 4.78 is 5.68. The highest BCUT2D eigenvalue weighted by molar-refractivity contribution is 4.73. The lowest BCUT2D eigenvalue weighted by molar-refractivity contribution is 0.0107. The van der Waals surface area contributed by atoms with Gasteiger partial charge in [0, 0.05) is 0 Å². The minimum atomic E-state index is 0.412. The lowest BCUT2D eigenvalue weighted by atomic mass is 10.1. The fourth-order valence-corrected chi connectivity index (χ4v) is 1.66. The third kappa shape index (κ3) is 2.30. The molecule has 10 heavy (non-hydrogen) atoms. The molecule has 1 saturated carbocycles. The first kappa shape index (κ1) is 8.06. The molecule has 1 heteroatoms. The van der Waals surface area contributed by atoms with Crippen LogP contribution in [-0.2, 0) is 4.74 Å². The van der Waals surface area contributed by atoms with E-state index in [1.807, 2.05) is 0 Å². The molecule has 0 aromatic rings. The fraction of sp³-hybridized carbons (Fsp3) is 1.00. The molecule has 0 amide bonds. The normalized spacial score (nSPS) is 33.6. The average Bonchev–Trinajstić information content (AvgIpc) is 2.13. The van der Waals surface area contributed by atoms with E-state index >= 15 is 0 Å². The first-order valence-corrected chi connectivity index (χ1v) is 4.34. The molecule has 1 nitrogen and oxygen atoms in total.